The summed E-state index contributed by atoms with van der Waals surface area (Å²) < 4.78 is 0. The number of nitrogens with one attached hydrogen (secondary N) is 1. The molecule has 4 heteroatoms. The molecule has 0 unspecified atom stereocenters. The minimum Gasteiger partial charge on any atom is -0.366 e. The molecule has 0 aliphatic carbocycles. The van der Waals surface area contributed by atoms with E-state index in [1.807, 2.05) is 19.9 Å². The second-order valence-corrected chi connectivity index (χ2v) is 2.95. The molecule has 0 saturated carbocycles. The van der Waals surface area contributed by atoms with Crippen LogP contribution in [0, 0.1) is 19.9 Å². The number of halogens is 1. The standard InChI is InChI=1S/C9H9ClNO.W/c1-6-3-4-8(7(2)5-6)11-9(10)12;/h4-5H,1-2H3,(H,11,12);/q-1;. The van der Waals surface area contributed by atoms with Crippen molar-refractivity contribution in [2.45, 2.75) is 13.8 Å². The fourth-order valence-corrected chi connectivity index (χ4v) is 1.09. The van der Waals surface area contributed by atoms with Gasteiger partial charge in [0.05, 0.1) is 0 Å². The fraction of sp³-hybridized carbons (Fsp3) is 0.222. The SMILES string of the molecule is Cc1[c-]cc(NC(=O)Cl)c(C)c1.[W]. The normalized spacial score (nSPS) is 8.85. The van der Waals surface area contributed by atoms with E-state index in [9.17, 15) is 4.79 Å². The van der Waals surface area contributed by atoms with E-state index in [0.29, 0.717) is 5.69 Å². The van der Waals surface area contributed by atoms with Crippen molar-refractivity contribution in [3.63, 3.8) is 0 Å². The average Bonchev–Trinajstić information content (AvgIpc) is 1.94. The third-order valence-electron chi connectivity index (χ3n) is 1.53. The van der Waals surface area contributed by atoms with Crippen LogP contribution in [-0.2, 0) is 21.1 Å². The summed E-state index contributed by atoms with van der Waals surface area (Å²) in [4.78, 5) is 10.5. The Balaban J connectivity index is 0.00000144. The number of anilines is 1. The first-order chi connectivity index (χ1) is 5.59. The van der Waals surface area contributed by atoms with Crippen molar-refractivity contribution in [3.8, 4) is 0 Å². The van der Waals surface area contributed by atoms with Gasteiger partial charge in [0.2, 0.25) is 0 Å². The first kappa shape index (κ1) is 12.7. The zero-order chi connectivity index (χ0) is 9.14. The van der Waals surface area contributed by atoms with Gasteiger partial charge in [-0.15, -0.1) is 5.56 Å². The summed E-state index contributed by atoms with van der Waals surface area (Å²) in [6, 6.07) is 6.62. The largest absolute Gasteiger partial charge is 0.366 e. The second-order valence-electron chi connectivity index (χ2n) is 2.61. The van der Waals surface area contributed by atoms with Crippen LogP contribution in [0.3, 0.4) is 0 Å². The molecular formula is C9H9ClNOW-. The Morgan fingerprint density at radius 3 is 2.62 bits per heavy atom. The third kappa shape index (κ3) is 3.93. The van der Waals surface area contributed by atoms with E-state index in [1.165, 1.54) is 0 Å². The van der Waals surface area contributed by atoms with E-state index in [2.05, 4.69) is 11.4 Å². The van der Waals surface area contributed by atoms with E-state index in [4.69, 9.17) is 11.6 Å². The van der Waals surface area contributed by atoms with Gasteiger partial charge < -0.3 is 5.32 Å². The molecule has 13 heavy (non-hydrogen) atoms. The van der Waals surface area contributed by atoms with E-state index in [-0.39, 0.29) is 21.1 Å². The summed E-state index contributed by atoms with van der Waals surface area (Å²) in [7, 11) is 0. The molecule has 0 aromatic heterocycles. The van der Waals surface area contributed by atoms with E-state index >= 15 is 0 Å². The van der Waals surface area contributed by atoms with Gasteiger partial charge in [0.25, 0.3) is 0 Å². The van der Waals surface area contributed by atoms with Crippen LogP contribution in [0.25, 0.3) is 0 Å². The smallest absolute Gasteiger partial charge is 0.307 e. The number of amides is 1. The maximum atomic E-state index is 10.5. The van der Waals surface area contributed by atoms with Crippen LogP contribution < -0.4 is 5.32 Å². The molecule has 1 amide bonds. The van der Waals surface area contributed by atoms with Gasteiger partial charge in [0, 0.05) is 21.1 Å². The molecule has 0 aliphatic rings. The Hall–Kier alpha value is -0.332. The number of aryl methyl sites for hydroxylation is 2. The van der Waals surface area contributed by atoms with Crippen LogP contribution in [0.2, 0.25) is 0 Å². The van der Waals surface area contributed by atoms with Gasteiger partial charge in [-0.05, 0) is 11.6 Å². The first-order valence-corrected chi connectivity index (χ1v) is 3.93. The Morgan fingerprint density at radius 1 is 1.54 bits per heavy atom. The predicted octanol–water partition coefficient (Wildman–Crippen LogP) is 2.87. The monoisotopic (exact) mass is 366 g/mol. The molecule has 0 saturated heterocycles. The number of rotatable bonds is 1. The first-order valence-electron chi connectivity index (χ1n) is 3.55. The van der Waals surface area contributed by atoms with Gasteiger partial charge in [-0.3, -0.25) is 4.79 Å². The molecule has 0 heterocycles. The molecule has 0 fully saturated rings. The number of carbonyl (C=O) groups excluding carboxylic acids is 1. The third-order valence-corrected chi connectivity index (χ3v) is 1.63. The quantitative estimate of drug-likeness (QED) is 0.462. The Bertz CT molecular complexity index is 314. The van der Waals surface area contributed by atoms with Crippen LogP contribution >= 0.6 is 11.6 Å². The molecule has 0 radical (unpaired) electrons. The molecule has 0 atom stereocenters. The van der Waals surface area contributed by atoms with Crippen LogP contribution in [-0.4, -0.2) is 5.37 Å². The predicted molar refractivity (Wildman–Crippen MR) is 49.6 cm³/mol. The fourth-order valence-electron chi connectivity index (χ4n) is 0.985. The summed E-state index contributed by atoms with van der Waals surface area (Å²) in [6.45, 7) is 3.85. The summed E-state index contributed by atoms with van der Waals surface area (Å²) in [5, 5.41) is 1.92. The van der Waals surface area contributed by atoms with Crippen molar-refractivity contribution in [1.82, 2.24) is 0 Å². The Morgan fingerprint density at radius 2 is 2.15 bits per heavy atom. The van der Waals surface area contributed by atoms with E-state index < -0.39 is 5.37 Å². The second kappa shape index (κ2) is 5.41. The van der Waals surface area contributed by atoms with Gasteiger partial charge >= 0.3 is 5.37 Å². The van der Waals surface area contributed by atoms with Gasteiger partial charge in [-0.2, -0.15) is 23.8 Å². The van der Waals surface area contributed by atoms with Crippen molar-refractivity contribution >= 4 is 22.7 Å². The molecule has 2 nitrogen and oxygen atoms in total. The van der Waals surface area contributed by atoms with Crippen LogP contribution in [0.4, 0.5) is 10.5 Å². The number of hydrogen-bond donors (Lipinski definition) is 1. The van der Waals surface area contributed by atoms with Crippen molar-refractivity contribution in [2.24, 2.45) is 0 Å². The molecule has 1 rings (SSSR count). The molecule has 1 N–H and O–H groups in total. The molecular weight excluding hydrogens is 357 g/mol. The summed E-state index contributed by atoms with van der Waals surface area (Å²) in [5.41, 5.74) is 2.74. The Labute approximate surface area is 96.9 Å². The van der Waals surface area contributed by atoms with Crippen LogP contribution in [0.5, 0.6) is 0 Å². The van der Waals surface area contributed by atoms with Gasteiger partial charge in [0.1, 0.15) is 0 Å². The molecule has 0 bridgehead atoms. The van der Waals surface area contributed by atoms with Gasteiger partial charge in [-0.1, -0.05) is 19.5 Å². The summed E-state index contributed by atoms with van der Waals surface area (Å²) in [6.07, 6.45) is 0. The van der Waals surface area contributed by atoms with Crippen molar-refractivity contribution in [1.29, 1.82) is 0 Å². The van der Waals surface area contributed by atoms with Gasteiger partial charge in [-0.25, -0.2) is 0 Å². The minimum atomic E-state index is -0.574. The maximum Gasteiger partial charge on any atom is 0.307 e. The summed E-state index contributed by atoms with van der Waals surface area (Å²) >= 11 is 5.16. The molecule has 1 aromatic carbocycles. The average molecular weight is 366 g/mol. The Kier molecular flexibility index (Phi) is 5.27. The van der Waals surface area contributed by atoms with Crippen molar-refractivity contribution in [2.75, 3.05) is 5.32 Å². The van der Waals surface area contributed by atoms with Gasteiger partial charge in [0.15, 0.2) is 0 Å². The summed E-state index contributed by atoms with van der Waals surface area (Å²) in [5.74, 6) is 0. The number of benzene rings is 1. The zero-order valence-electron chi connectivity index (χ0n) is 7.35. The van der Waals surface area contributed by atoms with Crippen LogP contribution in [0.15, 0.2) is 12.1 Å². The van der Waals surface area contributed by atoms with Crippen LogP contribution in [0.1, 0.15) is 11.1 Å². The molecule has 0 aliphatic heterocycles. The maximum absolute atomic E-state index is 10.5. The zero-order valence-corrected chi connectivity index (χ0v) is 11.0. The number of carbonyl (C=O) groups is 1. The molecule has 1 aromatic rings. The molecule has 70 valence electrons. The van der Waals surface area contributed by atoms with Crippen molar-refractivity contribution in [3.05, 3.63) is 29.3 Å². The number of hydrogen-bond acceptors (Lipinski definition) is 1. The topological polar surface area (TPSA) is 29.1 Å². The molecule has 0 spiro atoms. The minimum absolute atomic E-state index is 0. The van der Waals surface area contributed by atoms with E-state index in [0.717, 1.165) is 11.1 Å². The van der Waals surface area contributed by atoms with E-state index in [1.54, 1.807) is 6.07 Å². The van der Waals surface area contributed by atoms with Crippen molar-refractivity contribution < 1.29 is 25.9 Å².